The number of amides is 1. The average molecular weight is 457 g/mol. The van der Waals surface area contributed by atoms with Crippen molar-refractivity contribution in [2.24, 2.45) is 11.3 Å². The number of nitrogens with zero attached hydrogens (tertiary/aromatic N) is 1. The normalized spacial score (nSPS) is 20.2. The van der Waals surface area contributed by atoms with Crippen LogP contribution in [0.1, 0.15) is 52.1 Å². The molecule has 0 saturated heterocycles. The van der Waals surface area contributed by atoms with E-state index >= 15 is 0 Å². The minimum absolute atomic E-state index is 0.0316. The number of ketones is 1. The van der Waals surface area contributed by atoms with E-state index in [0.717, 1.165) is 17.1 Å². The maximum Gasteiger partial charge on any atom is 0.230 e. The fourth-order valence-electron chi connectivity index (χ4n) is 4.53. The van der Waals surface area contributed by atoms with Crippen molar-refractivity contribution in [3.05, 3.63) is 69.3 Å². The topological polar surface area (TPSA) is 49.4 Å². The summed E-state index contributed by atoms with van der Waals surface area (Å²) in [4.78, 5) is 28.9. The summed E-state index contributed by atoms with van der Waals surface area (Å²) in [6.07, 6.45) is 1.11. The molecule has 4 rings (SSSR count). The number of rotatable bonds is 2. The smallest absolute Gasteiger partial charge is 0.230 e. The highest BCUT2D eigenvalue weighted by Crippen LogP contribution is 2.49. The van der Waals surface area contributed by atoms with Crippen molar-refractivity contribution in [3.8, 4) is 0 Å². The fraction of sp³-hybridized carbons (Fsp3) is 0.360. The molecule has 6 heteroatoms. The van der Waals surface area contributed by atoms with E-state index < -0.39 is 6.04 Å². The van der Waals surface area contributed by atoms with E-state index in [9.17, 15) is 9.59 Å². The summed E-state index contributed by atoms with van der Waals surface area (Å²) in [6, 6.07) is 12.3. The van der Waals surface area contributed by atoms with Gasteiger partial charge in [-0.2, -0.15) is 0 Å². The first kappa shape index (κ1) is 21.9. The molecule has 162 valence electrons. The number of anilines is 2. The van der Waals surface area contributed by atoms with Gasteiger partial charge in [-0.25, -0.2) is 0 Å². The minimum Gasteiger partial charge on any atom is -0.357 e. The number of benzene rings is 2. The summed E-state index contributed by atoms with van der Waals surface area (Å²) in [5.41, 5.74) is 3.51. The van der Waals surface area contributed by atoms with Gasteiger partial charge in [0.25, 0.3) is 0 Å². The highest BCUT2D eigenvalue weighted by atomic mass is 35.5. The molecule has 1 heterocycles. The number of nitrogens with one attached hydrogen (secondary N) is 1. The Morgan fingerprint density at radius 2 is 1.84 bits per heavy atom. The van der Waals surface area contributed by atoms with Crippen LogP contribution in [-0.2, 0) is 9.59 Å². The molecule has 1 atom stereocenters. The third-order valence-electron chi connectivity index (χ3n) is 5.89. The summed E-state index contributed by atoms with van der Waals surface area (Å²) in [5, 5.41) is 4.44. The summed E-state index contributed by atoms with van der Waals surface area (Å²) in [5.74, 6) is -0.306. The second-order valence-corrected chi connectivity index (χ2v) is 10.3. The molecule has 1 N–H and O–H groups in total. The number of carbonyl (C=O) groups excluding carboxylic acids is 2. The SMILES string of the molecule is CC(C)C(=O)N1c2ccccc2NC2=C(C(=O)CC(C)(C)C2)C1c1ccc(Cl)cc1Cl. The molecule has 31 heavy (non-hydrogen) atoms. The summed E-state index contributed by atoms with van der Waals surface area (Å²) >= 11 is 12.8. The molecule has 0 saturated carbocycles. The van der Waals surface area contributed by atoms with Gasteiger partial charge in [0, 0.05) is 33.7 Å². The molecule has 1 aliphatic heterocycles. The fourth-order valence-corrected chi connectivity index (χ4v) is 5.04. The molecule has 1 aliphatic carbocycles. The number of Topliss-reactive ketones (excluding diaryl/α,β-unsaturated/α-hetero) is 1. The summed E-state index contributed by atoms with van der Waals surface area (Å²) < 4.78 is 0. The predicted molar refractivity (Wildman–Crippen MR) is 127 cm³/mol. The molecule has 0 bridgehead atoms. The van der Waals surface area contributed by atoms with E-state index in [-0.39, 0.29) is 23.0 Å². The Labute approximate surface area is 193 Å². The Hall–Kier alpha value is -2.30. The van der Waals surface area contributed by atoms with E-state index in [4.69, 9.17) is 23.2 Å². The summed E-state index contributed by atoms with van der Waals surface area (Å²) in [6.45, 7) is 7.92. The Morgan fingerprint density at radius 3 is 2.52 bits per heavy atom. The van der Waals surface area contributed by atoms with E-state index in [1.165, 1.54) is 0 Å². The first-order valence-corrected chi connectivity index (χ1v) is 11.2. The maximum atomic E-state index is 13.6. The Morgan fingerprint density at radius 1 is 1.13 bits per heavy atom. The number of hydrogen-bond donors (Lipinski definition) is 1. The predicted octanol–water partition coefficient (Wildman–Crippen LogP) is 6.79. The second-order valence-electron chi connectivity index (χ2n) is 9.41. The van der Waals surface area contributed by atoms with Gasteiger partial charge in [-0.05, 0) is 41.7 Å². The Kier molecular flexibility index (Phi) is 5.65. The lowest BCUT2D eigenvalue weighted by molar-refractivity contribution is -0.122. The minimum atomic E-state index is -0.630. The van der Waals surface area contributed by atoms with Crippen LogP contribution < -0.4 is 10.2 Å². The van der Waals surface area contributed by atoms with Crippen LogP contribution in [-0.4, -0.2) is 11.7 Å². The highest BCUT2D eigenvalue weighted by Gasteiger charge is 2.44. The molecule has 1 amide bonds. The van der Waals surface area contributed by atoms with Crippen LogP contribution in [0.25, 0.3) is 0 Å². The number of fused-ring (bicyclic) bond motifs is 1. The van der Waals surface area contributed by atoms with Gasteiger partial charge in [0.05, 0.1) is 17.4 Å². The van der Waals surface area contributed by atoms with E-state index in [1.54, 1.807) is 17.0 Å². The van der Waals surface area contributed by atoms with E-state index in [1.807, 2.05) is 44.2 Å². The van der Waals surface area contributed by atoms with Crippen LogP contribution in [0.3, 0.4) is 0 Å². The van der Waals surface area contributed by atoms with Crippen LogP contribution in [0, 0.1) is 11.3 Å². The summed E-state index contributed by atoms with van der Waals surface area (Å²) in [7, 11) is 0. The van der Waals surface area contributed by atoms with Gasteiger partial charge in [-0.3, -0.25) is 14.5 Å². The quantitative estimate of drug-likeness (QED) is 0.540. The first-order chi connectivity index (χ1) is 14.6. The molecule has 4 nitrogen and oxygen atoms in total. The molecule has 0 aromatic heterocycles. The zero-order valence-corrected chi connectivity index (χ0v) is 19.6. The lowest BCUT2D eigenvalue weighted by atomic mass is 9.73. The number of hydrogen-bond acceptors (Lipinski definition) is 3. The van der Waals surface area contributed by atoms with Crippen LogP contribution in [0.5, 0.6) is 0 Å². The van der Waals surface area contributed by atoms with Gasteiger partial charge >= 0.3 is 0 Å². The molecule has 2 aromatic rings. The van der Waals surface area contributed by atoms with Gasteiger partial charge in [-0.1, -0.05) is 69.1 Å². The average Bonchev–Trinajstić information content (AvgIpc) is 2.80. The van der Waals surface area contributed by atoms with Crippen molar-refractivity contribution < 1.29 is 9.59 Å². The van der Waals surface area contributed by atoms with Crippen LogP contribution >= 0.6 is 23.2 Å². The molecule has 0 radical (unpaired) electrons. The van der Waals surface area contributed by atoms with Gasteiger partial charge in [0.1, 0.15) is 0 Å². The zero-order valence-electron chi connectivity index (χ0n) is 18.1. The largest absolute Gasteiger partial charge is 0.357 e. The Bertz CT molecular complexity index is 1100. The molecule has 0 spiro atoms. The van der Waals surface area contributed by atoms with Gasteiger partial charge in [0.2, 0.25) is 5.91 Å². The van der Waals surface area contributed by atoms with E-state index in [0.29, 0.717) is 34.0 Å². The molecule has 1 unspecified atom stereocenters. The van der Waals surface area contributed by atoms with Crippen LogP contribution in [0.4, 0.5) is 11.4 Å². The first-order valence-electron chi connectivity index (χ1n) is 10.5. The number of carbonyl (C=O) groups is 2. The molecule has 0 fully saturated rings. The number of para-hydroxylation sites is 2. The lowest BCUT2D eigenvalue weighted by Crippen LogP contribution is -2.41. The molecular weight excluding hydrogens is 431 g/mol. The molecular formula is C25H26Cl2N2O2. The van der Waals surface area contributed by atoms with Crippen molar-refractivity contribution in [1.82, 2.24) is 0 Å². The number of allylic oxidation sites excluding steroid dienone is 1. The molecule has 2 aromatic carbocycles. The van der Waals surface area contributed by atoms with Crippen LogP contribution in [0.15, 0.2) is 53.7 Å². The lowest BCUT2D eigenvalue weighted by Gasteiger charge is -2.38. The van der Waals surface area contributed by atoms with E-state index in [2.05, 4.69) is 19.2 Å². The second kappa shape index (κ2) is 7.99. The molecule has 2 aliphatic rings. The third-order valence-corrected chi connectivity index (χ3v) is 6.45. The van der Waals surface area contributed by atoms with Crippen molar-refractivity contribution in [1.29, 1.82) is 0 Å². The van der Waals surface area contributed by atoms with Crippen molar-refractivity contribution in [3.63, 3.8) is 0 Å². The third kappa shape index (κ3) is 3.99. The van der Waals surface area contributed by atoms with Crippen molar-refractivity contribution in [2.75, 3.05) is 10.2 Å². The maximum absolute atomic E-state index is 13.6. The van der Waals surface area contributed by atoms with Crippen molar-refractivity contribution >= 4 is 46.3 Å². The Balaban J connectivity index is 2.05. The monoisotopic (exact) mass is 456 g/mol. The number of halogens is 2. The van der Waals surface area contributed by atoms with Crippen molar-refractivity contribution in [2.45, 2.75) is 46.6 Å². The van der Waals surface area contributed by atoms with Crippen LogP contribution in [0.2, 0.25) is 10.0 Å². The van der Waals surface area contributed by atoms with Gasteiger partial charge in [-0.15, -0.1) is 0 Å². The highest BCUT2D eigenvalue weighted by molar-refractivity contribution is 6.35. The van der Waals surface area contributed by atoms with Gasteiger partial charge < -0.3 is 5.32 Å². The van der Waals surface area contributed by atoms with Gasteiger partial charge in [0.15, 0.2) is 5.78 Å². The zero-order chi connectivity index (χ0) is 22.5. The standard InChI is InChI=1S/C25H26Cl2N2O2/c1-14(2)24(31)29-20-8-6-5-7-18(20)28-19-12-25(3,4)13-21(30)22(19)23(29)16-10-9-15(26)11-17(16)27/h5-11,14,23,28H,12-13H2,1-4H3.